The molecule has 0 atom stereocenters. The molecular weight excluding hydrogens is 258 g/mol. The summed E-state index contributed by atoms with van der Waals surface area (Å²) >= 11 is 0. The fourth-order valence-electron chi connectivity index (χ4n) is 1.79. The van der Waals surface area contributed by atoms with Crippen LogP contribution in [0.25, 0.3) is 10.9 Å². The van der Waals surface area contributed by atoms with Crippen LogP contribution in [0.1, 0.15) is 27.7 Å². The second-order valence-corrected chi connectivity index (χ2v) is 3.75. The van der Waals surface area contributed by atoms with E-state index in [1.807, 2.05) is 82.4 Å². The van der Waals surface area contributed by atoms with E-state index in [0.29, 0.717) is 0 Å². The average molecular weight is 281 g/mol. The summed E-state index contributed by atoms with van der Waals surface area (Å²) in [5.41, 5.74) is 3.03. The number of rotatable bonds is 2. The second kappa shape index (κ2) is 9.48. The number of anilines is 2. The van der Waals surface area contributed by atoms with Crippen molar-refractivity contribution in [3.8, 4) is 0 Å². The van der Waals surface area contributed by atoms with Gasteiger partial charge in [0.25, 0.3) is 0 Å². The Morgan fingerprint density at radius 2 is 1.52 bits per heavy atom. The summed E-state index contributed by atoms with van der Waals surface area (Å²) < 4.78 is 0. The van der Waals surface area contributed by atoms with Crippen molar-refractivity contribution in [1.29, 1.82) is 0 Å². The zero-order chi connectivity index (χ0) is 15.5. The number of nitrogens with zero attached hydrogens (tertiary/aromatic N) is 2. The highest BCUT2D eigenvalue weighted by atomic mass is 14.9. The van der Waals surface area contributed by atoms with E-state index in [2.05, 4.69) is 15.3 Å². The summed E-state index contributed by atoms with van der Waals surface area (Å²) in [7, 11) is 0. The van der Waals surface area contributed by atoms with Crippen molar-refractivity contribution in [3.05, 3.63) is 61.1 Å². The van der Waals surface area contributed by atoms with Gasteiger partial charge in [-0.05, 0) is 24.3 Å². The summed E-state index contributed by atoms with van der Waals surface area (Å²) in [6, 6.07) is 16.1. The van der Waals surface area contributed by atoms with Gasteiger partial charge in [-0.15, -0.1) is 0 Å². The van der Waals surface area contributed by atoms with Crippen LogP contribution in [0, 0.1) is 0 Å². The molecular formula is C18H23N3. The van der Waals surface area contributed by atoms with Crippen molar-refractivity contribution in [3.63, 3.8) is 0 Å². The Kier molecular flexibility index (Phi) is 7.51. The van der Waals surface area contributed by atoms with Crippen molar-refractivity contribution in [2.24, 2.45) is 0 Å². The highest BCUT2D eigenvalue weighted by molar-refractivity contribution is 5.92. The monoisotopic (exact) mass is 281 g/mol. The minimum atomic E-state index is 0.945. The van der Waals surface area contributed by atoms with Gasteiger partial charge in [-0.3, -0.25) is 0 Å². The molecule has 3 heteroatoms. The van der Waals surface area contributed by atoms with Crippen LogP contribution in [0.15, 0.2) is 61.1 Å². The Hall–Kier alpha value is -2.42. The molecule has 0 radical (unpaired) electrons. The van der Waals surface area contributed by atoms with E-state index in [0.717, 1.165) is 22.3 Å². The van der Waals surface area contributed by atoms with E-state index in [1.54, 1.807) is 6.33 Å². The third-order valence-corrected chi connectivity index (χ3v) is 2.60. The minimum Gasteiger partial charge on any atom is -0.355 e. The Balaban J connectivity index is 0.000000510. The summed E-state index contributed by atoms with van der Waals surface area (Å²) in [4.78, 5) is 8.30. The first-order valence-electron chi connectivity index (χ1n) is 7.44. The molecule has 0 amide bonds. The van der Waals surface area contributed by atoms with Gasteiger partial charge in [-0.25, -0.2) is 9.97 Å². The molecule has 0 aliphatic carbocycles. The second-order valence-electron chi connectivity index (χ2n) is 3.75. The lowest BCUT2D eigenvalue weighted by molar-refractivity contribution is 1.22. The quantitative estimate of drug-likeness (QED) is 0.681. The number of para-hydroxylation sites is 1. The number of nitrogens with one attached hydrogen (secondary N) is 1. The smallest absolute Gasteiger partial charge is 0.116 e. The molecule has 0 fully saturated rings. The van der Waals surface area contributed by atoms with Crippen LogP contribution in [0.2, 0.25) is 0 Å². The zero-order valence-corrected chi connectivity index (χ0v) is 13.2. The van der Waals surface area contributed by atoms with E-state index < -0.39 is 0 Å². The minimum absolute atomic E-state index is 0.945. The van der Waals surface area contributed by atoms with Crippen LogP contribution >= 0.6 is 0 Å². The van der Waals surface area contributed by atoms with Gasteiger partial charge in [-0.2, -0.15) is 0 Å². The first-order valence-corrected chi connectivity index (χ1v) is 7.44. The summed E-state index contributed by atoms with van der Waals surface area (Å²) in [6.07, 6.45) is 3.39. The Labute approximate surface area is 127 Å². The number of hydrogen-bond donors (Lipinski definition) is 1. The van der Waals surface area contributed by atoms with Crippen LogP contribution in [0.3, 0.4) is 0 Å². The Morgan fingerprint density at radius 3 is 2.24 bits per heavy atom. The van der Waals surface area contributed by atoms with Crippen LogP contribution in [0.5, 0.6) is 0 Å². The van der Waals surface area contributed by atoms with E-state index in [1.165, 1.54) is 0 Å². The van der Waals surface area contributed by atoms with Crippen molar-refractivity contribution in [2.75, 3.05) is 5.32 Å². The molecule has 110 valence electrons. The van der Waals surface area contributed by atoms with Gasteiger partial charge in [0.05, 0.1) is 5.52 Å². The van der Waals surface area contributed by atoms with E-state index in [9.17, 15) is 0 Å². The highest BCUT2D eigenvalue weighted by Crippen LogP contribution is 2.24. The molecule has 3 aromatic rings. The predicted octanol–water partition coefficient (Wildman–Crippen LogP) is 5.43. The van der Waals surface area contributed by atoms with E-state index >= 15 is 0 Å². The molecule has 0 aliphatic heterocycles. The first-order chi connectivity index (χ1) is 10.4. The predicted molar refractivity (Wildman–Crippen MR) is 92.0 cm³/mol. The molecule has 0 saturated carbocycles. The molecule has 1 N–H and O–H groups in total. The van der Waals surface area contributed by atoms with Crippen LogP contribution in [0.4, 0.5) is 11.4 Å². The SMILES string of the molecule is CC.CC.c1ccc(Nc2cccc3ncncc23)cc1. The molecule has 0 bridgehead atoms. The van der Waals surface area contributed by atoms with Crippen molar-refractivity contribution >= 4 is 22.3 Å². The van der Waals surface area contributed by atoms with Crippen LogP contribution in [-0.4, -0.2) is 9.97 Å². The van der Waals surface area contributed by atoms with Gasteiger partial charge in [0.15, 0.2) is 0 Å². The molecule has 3 rings (SSSR count). The van der Waals surface area contributed by atoms with Gasteiger partial charge >= 0.3 is 0 Å². The maximum Gasteiger partial charge on any atom is 0.116 e. The maximum absolute atomic E-state index is 4.23. The average Bonchev–Trinajstić information content (AvgIpc) is 2.60. The lowest BCUT2D eigenvalue weighted by Crippen LogP contribution is -1.92. The fraction of sp³-hybridized carbons (Fsp3) is 0.222. The van der Waals surface area contributed by atoms with Gasteiger partial charge in [0.1, 0.15) is 6.33 Å². The highest BCUT2D eigenvalue weighted by Gasteiger charge is 2.01. The Morgan fingerprint density at radius 1 is 0.810 bits per heavy atom. The van der Waals surface area contributed by atoms with Crippen molar-refractivity contribution in [2.45, 2.75) is 27.7 Å². The molecule has 21 heavy (non-hydrogen) atoms. The molecule has 0 saturated heterocycles. The molecule has 1 heterocycles. The lowest BCUT2D eigenvalue weighted by Gasteiger charge is -2.08. The molecule has 0 unspecified atom stereocenters. The fourth-order valence-corrected chi connectivity index (χ4v) is 1.79. The zero-order valence-electron chi connectivity index (χ0n) is 13.2. The standard InChI is InChI=1S/C14H11N3.2C2H6/c1-2-5-11(6-3-1)17-14-8-4-7-13-12(14)9-15-10-16-13;2*1-2/h1-10,17H;2*1-2H3. The first kappa shape index (κ1) is 16.6. The maximum atomic E-state index is 4.23. The molecule has 3 nitrogen and oxygen atoms in total. The van der Waals surface area contributed by atoms with Crippen LogP contribution < -0.4 is 5.32 Å². The lowest BCUT2D eigenvalue weighted by atomic mass is 10.2. The number of fused-ring (bicyclic) bond motifs is 1. The third kappa shape index (κ3) is 4.56. The van der Waals surface area contributed by atoms with E-state index in [4.69, 9.17) is 0 Å². The molecule has 2 aromatic carbocycles. The van der Waals surface area contributed by atoms with Crippen LogP contribution in [-0.2, 0) is 0 Å². The van der Waals surface area contributed by atoms with Gasteiger partial charge < -0.3 is 5.32 Å². The Bertz CT molecular complexity index is 631. The van der Waals surface area contributed by atoms with Gasteiger partial charge in [0.2, 0.25) is 0 Å². The summed E-state index contributed by atoms with van der Waals surface area (Å²) in [5.74, 6) is 0. The normalized spacial score (nSPS) is 8.95. The molecule has 0 spiro atoms. The number of benzene rings is 2. The van der Waals surface area contributed by atoms with Gasteiger partial charge in [0, 0.05) is 23.0 Å². The number of aromatic nitrogens is 2. The largest absolute Gasteiger partial charge is 0.355 e. The van der Waals surface area contributed by atoms with Crippen molar-refractivity contribution < 1.29 is 0 Å². The summed E-state index contributed by atoms with van der Waals surface area (Å²) in [5, 5.41) is 4.39. The summed E-state index contributed by atoms with van der Waals surface area (Å²) in [6.45, 7) is 8.00. The number of hydrogen-bond acceptors (Lipinski definition) is 3. The molecule has 1 aromatic heterocycles. The topological polar surface area (TPSA) is 37.8 Å². The van der Waals surface area contributed by atoms with Crippen molar-refractivity contribution in [1.82, 2.24) is 9.97 Å². The van der Waals surface area contributed by atoms with E-state index in [-0.39, 0.29) is 0 Å². The van der Waals surface area contributed by atoms with Gasteiger partial charge in [-0.1, -0.05) is 52.0 Å². The molecule has 0 aliphatic rings. The third-order valence-electron chi connectivity index (χ3n) is 2.60.